The van der Waals surface area contributed by atoms with E-state index in [-0.39, 0.29) is 11.9 Å². The number of aryl methyl sites for hydroxylation is 1. The Morgan fingerprint density at radius 1 is 1.21 bits per heavy atom. The molecule has 3 nitrogen and oxygen atoms in total. The molecule has 1 amide bonds. The predicted octanol–water partition coefficient (Wildman–Crippen LogP) is 5.22. The summed E-state index contributed by atoms with van der Waals surface area (Å²) in [5, 5.41) is 5.69. The van der Waals surface area contributed by atoms with Crippen molar-refractivity contribution in [1.29, 1.82) is 0 Å². The number of carbonyl (C=O) groups excluding carboxylic acids is 1. The lowest BCUT2D eigenvalue weighted by Crippen LogP contribution is -2.27. The van der Waals surface area contributed by atoms with Crippen molar-refractivity contribution in [1.82, 2.24) is 5.32 Å². The van der Waals surface area contributed by atoms with Crippen LogP contribution < -0.4 is 5.32 Å². The lowest BCUT2D eigenvalue weighted by atomic mass is 10.1. The molecule has 24 heavy (non-hydrogen) atoms. The van der Waals surface area contributed by atoms with E-state index >= 15 is 0 Å². The van der Waals surface area contributed by atoms with Gasteiger partial charge in [0, 0.05) is 16.0 Å². The summed E-state index contributed by atoms with van der Waals surface area (Å²) in [6, 6.07) is 14.9. The van der Waals surface area contributed by atoms with Crippen LogP contribution in [0.5, 0.6) is 0 Å². The average molecular weight is 358 g/mol. The van der Waals surface area contributed by atoms with E-state index in [1.807, 2.05) is 60.8 Å². The Morgan fingerprint density at radius 3 is 2.62 bits per heavy atom. The van der Waals surface area contributed by atoms with Crippen LogP contribution >= 0.6 is 22.9 Å². The van der Waals surface area contributed by atoms with Crippen molar-refractivity contribution in [3.63, 3.8) is 0 Å². The minimum Gasteiger partial charge on any atom is -0.462 e. The van der Waals surface area contributed by atoms with Gasteiger partial charge in [-0.15, -0.1) is 11.3 Å². The van der Waals surface area contributed by atoms with E-state index < -0.39 is 0 Å². The van der Waals surface area contributed by atoms with E-state index in [1.54, 1.807) is 17.4 Å². The molecular formula is C19H16ClNO2S. The Bertz CT molecular complexity index is 835. The first kappa shape index (κ1) is 16.6. The maximum absolute atomic E-state index is 12.3. The normalized spacial score (nSPS) is 12.4. The van der Waals surface area contributed by atoms with Gasteiger partial charge in [-0.1, -0.05) is 29.8 Å². The van der Waals surface area contributed by atoms with E-state index in [2.05, 4.69) is 5.32 Å². The summed E-state index contributed by atoms with van der Waals surface area (Å²) >= 11 is 7.56. The molecule has 0 aliphatic carbocycles. The topological polar surface area (TPSA) is 42.2 Å². The Morgan fingerprint density at radius 2 is 2.00 bits per heavy atom. The fraction of sp³-hybridized carbons (Fsp3) is 0.105. The van der Waals surface area contributed by atoms with Crippen LogP contribution in [0.15, 0.2) is 64.4 Å². The van der Waals surface area contributed by atoms with Gasteiger partial charge in [0.2, 0.25) is 5.91 Å². The summed E-state index contributed by atoms with van der Waals surface area (Å²) in [4.78, 5) is 13.4. The van der Waals surface area contributed by atoms with Crippen LogP contribution in [-0.4, -0.2) is 5.91 Å². The first-order valence-electron chi connectivity index (χ1n) is 7.46. The summed E-state index contributed by atoms with van der Waals surface area (Å²) in [5.41, 5.74) is 0.984. The molecule has 0 saturated carbocycles. The zero-order valence-corrected chi connectivity index (χ0v) is 14.6. The molecule has 2 aromatic heterocycles. The van der Waals surface area contributed by atoms with Crippen molar-refractivity contribution in [2.75, 3.05) is 0 Å². The first-order chi connectivity index (χ1) is 11.6. The van der Waals surface area contributed by atoms with Gasteiger partial charge >= 0.3 is 0 Å². The van der Waals surface area contributed by atoms with E-state index in [1.165, 1.54) is 6.08 Å². The molecule has 0 saturated heterocycles. The third kappa shape index (κ3) is 4.16. The molecule has 0 aliphatic rings. The number of furan rings is 1. The van der Waals surface area contributed by atoms with Crippen LogP contribution in [0.2, 0.25) is 5.02 Å². The zero-order chi connectivity index (χ0) is 16.9. The van der Waals surface area contributed by atoms with E-state index in [0.717, 1.165) is 16.2 Å². The van der Waals surface area contributed by atoms with Gasteiger partial charge < -0.3 is 9.73 Å². The summed E-state index contributed by atoms with van der Waals surface area (Å²) < 4.78 is 5.43. The van der Waals surface area contributed by atoms with Gasteiger partial charge in [0.25, 0.3) is 0 Å². The molecule has 3 aromatic rings. The number of halogens is 1. The molecule has 1 atom stereocenters. The maximum atomic E-state index is 12.3. The second kappa shape index (κ2) is 7.51. The van der Waals surface area contributed by atoms with Crippen LogP contribution in [-0.2, 0) is 4.79 Å². The molecule has 0 bridgehead atoms. The van der Waals surface area contributed by atoms with Gasteiger partial charge in [0.05, 0.1) is 6.04 Å². The van der Waals surface area contributed by atoms with Gasteiger partial charge in [0.15, 0.2) is 0 Å². The number of amides is 1. The molecular weight excluding hydrogens is 342 g/mol. The van der Waals surface area contributed by atoms with Gasteiger partial charge in [0.1, 0.15) is 11.5 Å². The van der Waals surface area contributed by atoms with Crippen LogP contribution in [0.3, 0.4) is 0 Å². The number of hydrogen-bond donors (Lipinski definition) is 1. The number of nitrogens with one attached hydrogen (secondary N) is 1. The van der Waals surface area contributed by atoms with Gasteiger partial charge in [-0.25, -0.2) is 0 Å². The molecule has 1 N–H and O–H groups in total. The van der Waals surface area contributed by atoms with Crippen LogP contribution in [0.1, 0.15) is 28.0 Å². The fourth-order valence-electron chi connectivity index (χ4n) is 2.32. The summed E-state index contributed by atoms with van der Waals surface area (Å²) in [7, 11) is 0. The van der Waals surface area contributed by atoms with E-state index in [0.29, 0.717) is 10.8 Å². The molecule has 1 aromatic carbocycles. The molecule has 0 radical (unpaired) electrons. The Kier molecular flexibility index (Phi) is 5.18. The zero-order valence-electron chi connectivity index (χ0n) is 13.0. The SMILES string of the molecule is Cc1ccc(/C=C\C(=O)N[C@H](c2ccc(Cl)cc2)c2cccs2)o1. The van der Waals surface area contributed by atoms with Gasteiger partial charge in [-0.3, -0.25) is 4.79 Å². The molecule has 122 valence electrons. The summed E-state index contributed by atoms with van der Waals surface area (Å²) in [6.07, 6.45) is 3.14. The van der Waals surface area contributed by atoms with Crippen molar-refractivity contribution in [3.8, 4) is 0 Å². The summed E-state index contributed by atoms with van der Waals surface area (Å²) in [6.45, 7) is 1.87. The lowest BCUT2D eigenvalue weighted by molar-refractivity contribution is -0.116. The third-order valence-electron chi connectivity index (χ3n) is 3.48. The Labute approximate surface area is 149 Å². The number of carbonyl (C=O) groups is 1. The number of benzene rings is 1. The van der Waals surface area contributed by atoms with E-state index in [9.17, 15) is 4.79 Å². The monoisotopic (exact) mass is 357 g/mol. The maximum Gasteiger partial charge on any atom is 0.244 e. The Balaban J connectivity index is 1.78. The van der Waals surface area contributed by atoms with Crippen LogP contribution in [0.4, 0.5) is 0 Å². The van der Waals surface area contributed by atoms with Crippen molar-refractivity contribution < 1.29 is 9.21 Å². The minimum atomic E-state index is -0.210. The smallest absolute Gasteiger partial charge is 0.244 e. The average Bonchev–Trinajstić information content (AvgIpc) is 3.23. The van der Waals surface area contributed by atoms with Gasteiger partial charge in [-0.05, 0) is 54.3 Å². The fourth-order valence-corrected chi connectivity index (χ4v) is 3.25. The molecule has 2 heterocycles. The molecule has 3 rings (SSSR count). The highest BCUT2D eigenvalue weighted by molar-refractivity contribution is 7.10. The van der Waals surface area contributed by atoms with Crippen LogP contribution in [0, 0.1) is 6.92 Å². The predicted molar refractivity (Wildman–Crippen MR) is 98.2 cm³/mol. The molecule has 0 fully saturated rings. The molecule has 0 unspecified atom stereocenters. The van der Waals surface area contributed by atoms with E-state index in [4.69, 9.17) is 16.0 Å². The quantitative estimate of drug-likeness (QED) is 0.636. The second-order valence-corrected chi connectivity index (χ2v) is 6.71. The highest BCUT2D eigenvalue weighted by atomic mass is 35.5. The second-order valence-electron chi connectivity index (χ2n) is 5.29. The van der Waals surface area contributed by atoms with Crippen molar-refractivity contribution in [3.05, 3.63) is 87.0 Å². The first-order valence-corrected chi connectivity index (χ1v) is 8.71. The van der Waals surface area contributed by atoms with Crippen LogP contribution in [0.25, 0.3) is 6.08 Å². The molecule has 0 spiro atoms. The molecule has 5 heteroatoms. The Hall–Kier alpha value is -2.30. The lowest BCUT2D eigenvalue weighted by Gasteiger charge is -2.17. The summed E-state index contributed by atoms with van der Waals surface area (Å²) in [5.74, 6) is 1.28. The number of rotatable bonds is 5. The minimum absolute atomic E-state index is 0.183. The highest BCUT2D eigenvalue weighted by Crippen LogP contribution is 2.27. The van der Waals surface area contributed by atoms with Crippen molar-refractivity contribution in [2.24, 2.45) is 0 Å². The standard InChI is InChI=1S/C19H16ClNO2S/c1-13-4-9-16(23-13)10-11-18(22)21-19(17-3-2-12-24-17)14-5-7-15(20)8-6-14/h2-12,19H,1H3,(H,21,22)/b11-10-/t19-/m1/s1. The largest absolute Gasteiger partial charge is 0.462 e. The van der Waals surface area contributed by atoms with Crippen molar-refractivity contribution >= 4 is 34.9 Å². The van der Waals surface area contributed by atoms with Gasteiger partial charge in [-0.2, -0.15) is 0 Å². The third-order valence-corrected chi connectivity index (χ3v) is 4.67. The highest BCUT2D eigenvalue weighted by Gasteiger charge is 2.16. The van der Waals surface area contributed by atoms with Crippen molar-refractivity contribution in [2.45, 2.75) is 13.0 Å². The molecule has 0 aliphatic heterocycles. The number of hydrogen-bond acceptors (Lipinski definition) is 3. The number of thiophene rings is 1.